The third-order valence-electron chi connectivity index (χ3n) is 6.39. The van der Waals surface area contributed by atoms with Crippen LogP contribution in [-0.2, 0) is 16.1 Å². The summed E-state index contributed by atoms with van der Waals surface area (Å²) >= 11 is 0. The van der Waals surface area contributed by atoms with Gasteiger partial charge in [-0.05, 0) is 37.7 Å². The van der Waals surface area contributed by atoms with Gasteiger partial charge < -0.3 is 4.74 Å². The van der Waals surface area contributed by atoms with Crippen LogP contribution < -0.4 is 0 Å². The highest BCUT2D eigenvalue weighted by Crippen LogP contribution is 2.13. The first kappa shape index (κ1) is 29.5. The molecule has 0 amide bonds. The number of unbranched alkanes of at least 4 members (excludes halogenated alkanes) is 17. The standard InChI is InChI=1S/C31H52O2/c1-2-3-4-5-6-7-8-9-10-11-12-13-14-15-16-17-18-19-20-21-25-28-31(32)33-29-30-26-23-22-24-27-30/h9-10,22-24,26-27H,2-8,11-21,25,28-29H2,1H3/b10-9-. The van der Waals surface area contributed by atoms with Crippen LogP contribution >= 0.6 is 0 Å². The first-order chi connectivity index (χ1) is 16.3. The fraction of sp³-hybridized carbons (Fsp3) is 0.710. The predicted octanol–water partition coefficient (Wildman–Crippen LogP) is 10.1. The highest BCUT2D eigenvalue weighted by atomic mass is 16.5. The average molecular weight is 457 g/mol. The molecule has 0 aliphatic carbocycles. The molecule has 0 heterocycles. The fourth-order valence-electron chi connectivity index (χ4n) is 4.21. The molecule has 0 saturated heterocycles. The Bertz CT molecular complexity index is 564. The summed E-state index contributed by atoms with van der Waals surface area (Å²) in [6, 6.07) is 9.90. The first-order valence-electron chi connectivity index (χ1n) is 14.2. The average Bonchev–Trinajstić information content (AvgIpc) is 2.84. The Morgan fingerprint density at radius 3 is 1.61 bits per heavy atom. The topological polar surface area (TPSA) is 26.3 Å². The molecule has 0 bridgehead atoms. The molecule has 188 valence electrons. The van der Waals surface area contributed by atoms with E-state index in [9.17, 15) is 4.79 Å². The van der Waals surface area contributed by atoms with E-state index in [1.54, 1.807) is 0 Å². The second-order valence-corrected chi connectivity index (χ2v) is 9.60. The number of benzene rings is 1. The molecule has 2 nitrogen and oxygen atoms in total. The molecule has 2 heteroatoms. The van der Waals surface area contributed by atoms with Crippen molar-refractivity contribution in [2.24, 2.45) is 0 Å². The molecule has 0 aliphatic rings. The summed E-state index contributed by atoms with van der Waals surface area (Å²) in [5, 5.41) is 0. The molecule has 0 radical (unpaired) electrons. The van der Waals surface area contributed by atoms with Gasteiger partial charge in [-0.3, -0.25) is 4.79 Å². The maximum atomic E-state index is 11.8. The first-order valence-corrected chi connectivity index (χ1v) is 14.2. The molecule has 0 atom stereocenters. The number of allylic oxidation sites excluding steroid dienone is 2. The summed E-state index contributed by atoms with van der Waals surface area (Å²) in [6.07, 6.45) is 30.6. The smallest absolute Gasteiger partial charge is 0.306 e. The van der Waals surface area contributed by atoms with Crippen LogP contribution in [0.15, 0.2) is 42.5 Å². The molecular weight excluding hydrogens is 404 g/mol. The van der Waals surface area contributed by atoms with Gasteiger partial charge in [-0.1, -0.05) is 139 Å². The van der Waals surface area contributed by atoms with Gasteiger partial charge in [-0.25, -0.2) is 0 Å². The number of esters is 1. The van der Waals surface area contributed by atoms with E-state index in [-0.39, 0.29) is 5.97 Å². The van der Waals surface area contributed by atoms with Crippen molar-refractivity contribution in [3.8, 4) is 0 Å². The number of carbonyl (C=O) groups is 1. The van der Waals surface area contributed by atoms with E-state index in [2.05, 4.69) is 19.1 Å². The van der Waals surface area contributed by atoms with E-state index in [0.29, 0.717) is 13.0 Å². The Labute approximate surface area is 205 Å². The molecule has 0 N–H and O–H groups in total. The van der Waals surface area contributed by atoms with E-state index in [1.807, 2.05) is 30.3 Å². The lowest BCUT2D eigenvalue weighted by molar-refractivity contribution is -0.145. The lowest BCUT2D eigenvalue weighted by Gasteiger charge is -2.05. The Hall–Kier alpha value is -1.57. The second-order valence-electron chi connectivity index (χ2n) is 9.60. The maximum absolute atomic E-state index is 11.8. The number of ether oxygens (including phenoxy) is 1. The lowest BCUT2D eigenvalue weighted by atomic mass is 10.0. The van der Waals surface area contributed by atoms with Crippen LogP contribution in [-0.4, -0.2) is 5.97 Å². The van der Waals surface area contributed by atoms with E-state index in [0.717, 1.165) is 18.4 Å². The van der Waals surface area contributed by atoms with Crippen molar-refractivity contribution >= 4 is 5.97 Å². The summed E-state index contributed by atoms with van der Waals surface area (Å²) in [6.45, 7) is 2.68. The van der Waals surface area contributed by atoms with Crippen LogP contribution in [0.25, 0.3) is 0 Å². The van der Waals surface area contributed by atoms with Crippen molar-refractivity contribution in [2.45, 2.75) is 142 Å². The van der Waals surface area contributed by atoms with Crippen molar-refractivity contribution in [1.82, 2.24) is 0 Å². The zero-order chi connectivity index (χ0) is 23.7. The zero-order valence-electron chi connectivity index (χ0n) is 21.7. The van der Waals surface area contributed by atoms with Gasteiger partial charge in [0, 0.05) is 6.42 Å². The molecular formula is C31H52O2. The van der Waals surface area contributed by atoms with Gasteiger partial charge in [0.1, 0.15) is 6.61 Å². The van der Waals surface area contributed by atoms with Gasteiger partial charge in [0.15, 0.2) is 0 Å². The summed E-state index contributed by atoms with van der Waals surface area (Å²) in [7, 11) is 0. The Kier molecular flexibility index (Phi) is 21.1. The highest BCUT2D eigenvalue weighted by molar-refractivity contribution is 5.69. The van der Waals surface area contributed by atoms with Crippen molar-refractivity contribution < 1.29 is 9.53 Å². The molecule has 0 spiro atoms. The molecule has 0 unspecified atom stereocenters. The van der Waals surface area contributed by atoms with Crippen LogP contribution in [0.3, 0.4) is 0 Å². The van der Waals surface area contributed by atoms with E-state index >= 15 is 0 Å². The maximum Gasteiger partial charge on any atom is 0.306 e. The van der Waals surface area contributed by atoms with Gasteiger partial charge in [-0.2, -0.15) is 0 Å². The van der Waals surface area contributed by atoms with Gasteiger partial charge >= 0.3 is 5.97 Å². The number of carbonyl (C=O) groups excluding carboxylic acids is 1. The molecule has 1 aromatic rings. The molecule has 0 aliphatic heterocycles. The zero-order valence-corrected chi connectivity index (χ0v) is 21.7. The molecule has 0 saturated carbocycles. The quantitative estimate of drug-likeness (QED) is 0.0929. The van der Waals surface area contributed by atoms with Gasteiger partial charge in [0.2, 0.25) is 0 Å². The minimum Gasteiger partial charge on any atom is -0.461 e. The number of hydrogen-bond donors (Lipinski definition) is 0. The van der Waals surface area contributed by atoms with E-state index in [1.165, 1.54) is 109 Å². The minimum atomic E-state index is -0.0628. The van der Waals surface area contributed by atoms with Gasteiger partial charge in [0.05, 0.1) is 0 Å². The molecule has 0 aromatic heterocycles. The monoisotopic (exact) mass is 456 g/mol. The van der Waals surface area contributed by atoms with Crippen molar-refractivity contribution in [3.63, 3.8) is 0 Å². The molecule has 33 heavy (non-hydrogen) atoms. The van der Waals surface area contributed by atoms with Crippen LogP contribution in [0, 0.1) is 0 Å². The Morgan fingerprint density at radius 2 is 1.09 bits per heavy atom. The normalized spacial score (nSPS) is 11.3. The van der Waals surface area contributed by atoms with Crippen LogP contribution in [0.1, 0.15) is 141 Å². The predicted molar refractivity (Wildman–Crippen MR) is 143 cm³/mol. The fourth-order valence-corrected chi connectivity index (χ4v) is 4.21. The minimum absolute atomic E-state index is 0.0628. The summed E-state index contributed by atoms with van der Waals surface area (Å²) in [4.78, 5) is 11.8. The highest BCUT2D eigenvalue weighted by Gasteiger charge is 2.03. The molecule has 1 aromatic carbocycles. The van der Waals surface area contributed by atoms with Gasteiger partial charge in [-0.15, -0.1) is 0 Å². The lowest BCUT2D eigenvalue weighted by Crippen LogP contribution is -2.04. The summed E-state index contributed by atoms with van der Waals surface area (Å²) in [5.41, 5.74) is 1.06. The third kappa shape index (κ3) is 20.7. The third-order valence-corrected chi connectivity index (χ3v) is 6.39. The number of rotatable bonds is 23. The largest absolute Gasteiger partial charge is 0.461 e. The Morgan fingerprint density at radius 1 is 0.636 bits per heavy atom. The van der Waals surface area contributed by atoms with Gasteiger partial charge in [0.25, 0.3) is 0 Å². The SMILES string of the molecule is CCCCCCCC/C=C\CCCCCCCCCCCCCC(=O)OCc1ccccc1. The molecule has 1 rings (SSSR count). The van der Waals surface area contributed by atoms with Crippen molar-refractivity contribution in [2.75, 3.05) is 0 Å². The van der Waals surface area contributed by atoms with E-state index in [4.69, 9.17) is 4.74 Å². The van der Waals surface area contributed by atoms with Crippen molar-refractivity contribution in [3.05, 3.63) is 48.0 Å². The van der Waals surface area contributed by atoms with Crippen LogP contribution in [0.5, 0.6) is 0 Å². The number of hydrogen-bond acceptors (Lipinski definition) is 2. The summed E-state index contributed by atoms with van der Waals surface area (Å²) in [5.74, 6) is -0.0628. The Balaban J connectivity index is 1.73. The van der Waals surface area contributed by atoms with Crippen LogP contribution in [0.2, 0.25) is 0 Å². The van der Waals surface area contributed by atoms with Crippen molar-refractivity contribution in [1.29, 1.82) is 0 Å². The van der Waals surface area contributed by atoms with E-state index < -0.39 is 0 Å². The molecule has 0 fully saturated rings. The van der Waals surface area contributed by atoms with Crippen LogP contribution in [0.4, 0.5) is 0 Å². The summed E-state index contributed by atoms with van der Waals surface area (Å²) < 4.78 is 5.33. The second kappa shape index (κ2) is 23.6.